The van der Waals surface area contributed by atoms with E-state index in [0.29, 0.717) is 0 Å². The monoisotopic (exact) mass is 360 g/mol. The van der Waals surface area contributed by atoms with E-state index in [1.54, 1.807) is 11.3 Å². The van der Waals surface area contributed by atoms with E-state index in [4.69, 9.17) is 0 Å². The molecule has 26 heavy (non-hydrogen) atoms. The van der Waals surface area contributed by atoms with Crippen LogP contribution in [-0.2, 0) is 0 Å². The zero-order valence-electron chi connectivity index (χ0n) is 15.0. The highest BCUT2D eigenvalue weighted by Crippen LogP contribution is 2.28. The average molecular weight is 360 g/mol. The molecule has 0 saturated carbocycles. The van der Waals surface area contributed by atoms with Gasteiger partial charge in [0.05, 0.1) is 11.9 Å². The number of hydrogen-bond acceptors (Lipinski definition) is 4. The van der Waals surface area contributed by atoms with Crippen molar-refractivity contribution in [2.24, 2.45) is 5.10 Å². The molecule has 4 aromatic rings. The van der Waals surface area contributed by atoms with Gasteiger partial charge in [0.15, 0.2) is 0 Å². The molecular formula is C21H20N4S. The van der Waals surface area contributed by atoms with Crippen LogP contribution in [0.25, 0.3) is 22.2 Å². The van der Waals surface area contributed by atoms with Crippen molar-refractivity contribution in [3.05, 3.63) is 70.2 Å². The molecule has 0 aliphatic rings. The predicted molar refractivity (Wildman–Crippen MR) is 111 cm³/mol. The minimum absolute atomic E-state index is 0.786. The molecule has 0 bridgehead atoms. The van der Waals surface area contributed by atoms with Crippen molar-refractivity contribution in [3.63, 3.8) is 0 Å². The molecule has 2 aromatic heterocycles. The molecule has 0 aliphatic heterocycles. The van der Waals surface area contributed by atoms with Gasteiger partial charge in [-0.25, -0.2) is 4.98 Å². The van der Waals surface area contributed by atoms with Crippen LogP contribution in [0.3, 0.4) is 0 Å². The minimum Gasteiger partial charge on any atom is -0.358 e. The van der Waals surface area contributed by atoms with Crippen LogP contribution >= 0.6 is 11.3 Å². The second kappa shape index (κ2) is 6.77. The number of anilines is 1. The lowest BCUT2D eigenvalue weighted by Crippen LogP contribution is -1.91. The zero-order valence-corrected chi connectivity index (χ0v) is 15.8. The highest BCUT2D eigenvalue weighted by molar-refractivity contribution is 7.14. The van der Waals surface area contributed by atoms with Gasteiger partial charge in [-0.2, -0.15) is 5.10 Å². The molecule has 0 atom stereocenters. The summed E-state index contributed by atoms with van der Waals surface area (Å²) in [7, 11) is 0. The SMILES string of the molecule is Cc1ccc(-c2csc(N/N=C\c3c(C)[nH]c4ccccc34)n2)c(C)c1. The number of hydrogen-bond donors (Lipinski definition) is 2. The number of nitrogens with one attached hydrogen (secondary N) is 2. The molecule has 0 aliphatic carbocycles. The number of para-hydroxylation sites is 1. The van der Waals surface area contributed by atoms with Crippen molar-refractivity contribution in [2.45, 2.75) is 20.8 Å². The largest absolute Gasteiger partial charge is 0.358 e. The summed E-state index contributed by atoms with van der Waals surface area (Å²) >= 11 is 1.56. The van der Waals surface area contributed by atoms with E-state index in [0.717, 1.165) is 33.2 Å². The molecule has 0 unspecified atom stereocenters. The summed E-state index contributed by atoms with van der Waals surface area (Å²) < 4.78 is 0. The smallest absolute Gasteiger partial charge is 0.203 e. The Morgan fingerprint density at radius 3 is 2.81 bits per heavy atom. The fourth-order valence-corrected chi connectivity index (χ4v) is 3.83. The summed E-state index contributed by atoms with van der Waals surface area (Å²) in [6.45, 7) is 6.28. The number of aromatic nitrogens is 2. The van der Waals surface area contributed by atoms with Gasteiger partial charge in [-0.15, -0.1) is 11.3 Å². The first-order valence-electron chi connectivity index (χ1n) is 8.51. The number of nitrogens with zero attached hydrogens (tertiary/aromatic N) is 2. The maximum Gasteiger partial charge on any atom is 0.203 e. The van der Waals surface area contributed by atoms with Crippen LogP contribution in [0.15, 0.2) is 52.9 Å². The molecule has 0 spiro atoms. The maximum absolute atomic E-state index is 4.66. The molecular weight excluding hydrogens is 340 g/mol. The fraction of sp³-hybridized carbons (Fsp3) is 0.143. The first-order chi connectivity index (χ1) is 12.6. The van der Waals surface area contributed by atoms with Gasteiger partial charge in [-0.3, -0.25) is 5.43 Å². The first kappa shape index (κ1) is 16.5. The molecule has 4 rings (SSSR count). The summed E-state index contributed by atoms with van der Waals surface area (Å²) in [5.41, 5.74) is 11.0. The van der Waals surface area contributed by atoms with Gasteiger partial charge in [0.1, 0.15) is 0 Å². The lowest BCUT2D eigenvalue weighted by Gasteiger charge is -2.03. The normalized spacial score (nSPS) is 11.5. The van der Waals surface area contributed by atoms with Gasteiger partial charge in [0, 0.05) is 33.1 Å². The number of thiazole rings is 1. The van der Waals surface area contributed by atoms with Crippen LogP contribution < -0.4 is 5.43 Å². The fourth-order valence-electron chi connectivity index (χ4n) is 3.17. The average Bonchev–Trinajstić information content (AvgIpc) is 3.20. The van der Waals surface area contributed by atoms with Crippen LogP contribution in [0.1, 0.15) is 22.4 Å². The number of aryl methyl sites for hydroxylation is 3. The number of aromatic amines is 1. The molecule has 0 fully saturated rings. The summed E-state index contributed by atoms with van der Waals surface area (Å²) in [6.07, 6.45) is 1.85. The van der Waals surface area contributed by atoms with Crippen molar-refractivity contribution in [1.29, 1.82) is 0 Å². The topological polar surface area (TPSA) is 53.1 Å². The second-order valence-corrected chi connectivity index (χ2v) is 7.29. The van der Waals surface area contributed by atoms with E-state index in [2.05, 4.69) is 77.0 Å². The van der Waals surface area contributed by atoms with E-state index in [1.807, 2.05) is 18.3 Å². The third-order valence-electron chi connectivity index (χ3n) is 4.46. The molecule has 4 nitrogen and oxygen atoms in total. The second-order valence-electron chi connectivity index (χ2n) is 6.44. The Kier molecular flexibility index (Phi) is 4.31. The zero-order chi connectivity index (χ0) is 18.1. The Bertz CT molecular complexity index is 1100. The van der Waals surface area contributed by atoms with E-state index >= 15 is 0 Å². The van der Waals surface area contributed by atoms with Crippen LogP contribution in [0.2, 0.25) is 0 Å². The number of hydrazone groups is 1. The van der Waals surface area contributed by atoms with Gasteiger partial charge >= 0.3 is 0 Å². The summed E-state index contributed by atoms with van der Waals surface area (Å²) in [5, 5.41) is 8.41. The third-order valence-corrected chi connectivity index (χ3v) is 5.21. The number of H-pyrrole nitrogens is 1. The van der Waals surface area contributed by atoms with Crippen LogP contribution in [0.5, 0.6) is 0 Å². The number of rotatable bonds is 4. The van der Waals surface area contributed by atoms with Gasteiger partial charge in [0.2, 0.25) is 5.13 Å². The van der Waals surface area contributed by atoms with Crippen LogP contribution in [0.4, 0.5) is 5.13 Å². The van der Waals surface area contributed by atoms with E-state index < -0.39 is 0 Å². The highest BCUT2D eigenvalue weighted by Gasteiger charge is 2.08. The lowest BCUT2D eigenvalue weighted by molar-refractivity contribution is 1.27. The van der Waals surface area contributed by atoms with Crippen molar-refractivity contribution in [1.82, 2.24) is 9.97 Å². The Labute approximate surface area is 156 Å². The summed E-state index contributed by atoms with van der Waals surface area (Å²) in [4.78, 5) is 8.04. The Morgan fingerprint density at radius 2 is 1.96 bits per heavy atom. The molecule has 2 N–H and O–H groups in total. The van der Waals surface area contributed by atoms with Crippen molar-refractivity contribution in [3.8, 4) is 11.3 Å². The Balaban J connectivity index is 1.54. The highest BCUT2D eigenvalue weighted by atomic mass is 32.1. The predicted octanol–water partition coefficient (Wildman–Crippen LogP) is 5.66. The molecule has 2 aromatic carbocycles. The van der Waals surface area contributed by atoms with Gasteiger partial charge in [-0.1, -0.05) is 42.0 Å². The molecule has 0 radical (unpaired) electrons. The van der Waals surface area contributed by atoms with Crippen molar-refractivity contribution in [2.75, 3.05) is 5.43 Å². The van der Waals surface area contributed by atoms with Crippen LogP contribution in [0, 0.1) is 20.8 Å². The molecule has 130 valence electrons. The first-order valence-corrected chi connectivity index (χ1v) is 9.39. The molecule has 0 saturated heterocycles. The third kappa shape index (κ3) is 3.13. The molecule has 2 heterocycles. The van der Waals surface area contributed by atoms with E-state index in [-0.39, 0.29) is 0 Å². The van der Waals surface area contributed by atoms with Gasteiger partial charge < -0.3 is 4.98 Å². The van der Waals surface area contributed by atoms with Gasteiger partial charge in [0.25, 0.3) is 0 Å². The Hall–Kier alpha value is -2.92. The molecule has 0 amide bonds. The minimum atomic E-state index is 0.786. The van der Waals surface area contributed by atoms with E-state index in [1.165, 1.54) is 16.5 Å². The lowest BCUT2D eigenvalue weighted by atomic mass is 10.0. The quantitative estimate of drug-likeness (QED) is 0.364. The van der Waals surface area contributed by atoms with Crippen molar-refractivity contribution >= 4 is 33.6 Å². The summed E-state index contributed by atoms with van der Waals surface area (Å²) in [5.74, 6) is 0. The maximum atomic E-state index is 4.66. The Morgan fingerprint density at radius 1 is 1.12 bits per heavy atom. The number of fused-ring (bicyclic) bond motifs is 1. The summed E-state index contributed by atoms with van der Waals surface area (Å²) in [6, 6.07) is 14.7. The molecule has 5 heteroatoms. The van der Waals surface area contributed by atoms with Crippen LogP contribution in [-0.4, -0.2) is 16.2 Å². The standard InChI is InChI=1S/C21H20N4S/c1-13-8-9-16(14(2)10-13)20-12-26-21(24-20)25-22-11-18-15(3)23-19-7-5-4-6-17(18)19/h4-12,23H,1-3H3,(H,24,25)/b22-11-. The van der Waals surface area contributed by atoms with Gasteiger partial charge in [-0.05, 0) is 32.4 Å². The van der Waals surface area contributed by atoms with Crippen molar-refractivity contribution < 1.29 is 0 Å². The number of benzene rings is 2. The van der Waals surface area contributed by atoms with E-state index in [9.17, 15) is 0 Å².